The number of ether oxygens (including phenoxy) is 2. The maximum Gasteiger partial charge on any atom is 0.242 e. The number of carbonyl (C=O) groups is 1. The van der Waals surface area contributed by atoms with Gasteiger partial charge in [-0.1, -0.05) is 12.1 Å². The van der Waals surface area contributed by atoms with Gasteiger partial charge in [0.15, 0.2) is 11.5 Å². The molecule has 2 aliphatic heterocycles. The van der Waals surface area contributed by atoms with Crippen LogP contribution in [0.3, 0.4) is 0 Å². The van der Waals surface area contributed by atoms with E-state index in [0.717, 1.165) is 22.3 Å². The molecule has 0 saturated carbocycles. The molecule has 0 aliphatic carbocycles. The van der Waals surface area contributed by atoms with Gasteiger partial charge >= 0.3 is 0 Å². The summed E-state index contributed by atoms with van der Waals surface area (Å²) in [6.45, 7) is 4.28. The van der Waals surface area contributed by atoms with E-state index in [2.05, 4.69) is 10.9 Å². The van der Waals surface area contributed by atoms with Crippen molar-refractivity contribution < 1.29 is 23.8 Å². The summed E-state index contributed by atoms with van der Waals surface area (Å²) in [5, 5.41) is 10.9. The number of hydrogen-bond donors (Lipinski definition) is 3. The molecule has 3 heterocycles. The summed E-state index contributed by atoms with van der Waals surface area (Å²) in [6.07, 6.45) is 1.61. The molecule has 3 aromatic rings. The highest BCUT2D eigenvalue weighted by Crippen LogP contribution is 2.50. The number of phenolic OH excluding ortho intramolecular Hbond substituents is 1. The summed E-state index contributed by atoms with van der Waals surface area (Å²) in [6, 6.07) is 12.2. The number of benzene rings is 2. The number of likely N-dealkylation sites (tertiary alicyclic amines) is 1. The van der Waals surface area contributed by atoms with E-state index in [4.69, 9.17) is 13.9 Å². The van der Waals surface area contributed by atoms with Crippen molar-refractivity contribution in [2.24, 2.45) is 5.92 Å². The molecule has 34 heavy (non-hydrogen) atoms. The van der Waals surface area contributed by atoms with Gasteiger partial charge in [-0.2, -0.15) is 0 Å². The van der Waals surface area contributed by atoms with Crippen LogP contribution in [0.25, 0.3) is 0 Å². The molecule has 178 valence electrons. The van der Waals surface area contributed by atoms with Gasteiger partial charge in [0.1, 0.15) is 17.6 Å². The summed E-state index contributed by atoms with van der Waals surface area (Å²) in [5.74, 6) is 1.93. The second kappa shape index (κ2) is 8.70. The lowest BCUT2D eigenvalue weighted by molar-refractivity contribution is -0.131. The summed E-state index contributed by atoms with van der Waals surface area (Å²) >= 11 is 0. The van der Waals surface area contributed by atoms with Crippen LogP contribution in [0.4, 0.5) is 0 Å². The van der Waals surface area contributed by atoms with Crippen LogP contribution in [0.2, 0.25) is 0 Å². The smallest absolute Gasteiger partial charge is 0.242 e. The minimum atomic E-state index is -0.460. The SMILES string of the molecule is COc1ccc(C2C3C(NNC3c3c(C)cc(C)cc3O)C(=O)N2Cc2ccco2)cc1OC. The van der Waals surface area contributed by atoms with Crippen LogP contribution >= 0.6 is 0 Å². The number of aromatic hydroxyl groups is 1. The van der Waals surface area contributed by atoms with E-state index in [1.54, 1.807) is 26.5 Å². The first kappa shape index (κ1) is 22.3. The van der Waals surface area contributed by atoms with E-state index in [0.29, 0.717) is 23.8 Å². The van der Waals surface area contributed by atoms with E-state index in [1.807, 2.05) is 55.1 Å². The minimum absolute atomic E-state index is 0.0274. The first-order valence-electron chi connectivity index (χ1n) is 11.3. The van der Waals surface area contributed by atoms with Gasteiger partial charge in [-0.05, 0) is 60.9 Å². The molecule has 2 fully saturated rings. The Hall–Kier alpha value is -3.49. The number of nitrogens with zero attached hydrogens (tertiary/aromatic N) is 1. The molecular formula is C26H29N3O5. The lowest BCUT2D eigenvalue weighted by atomic mass is 9.81. The van der Waals surface area contributed by atoms with Crippen LogP contribution in [0, 0.1) is 19.8 Å². The number of rotatable bonds is 6. The molecule has 0 radical (unpaired) electrons. The molecule has 2 saturated heterocycles. The number of methoxy groups -OCH3 is 2. The van der Waals surface area contributed by atoms with E-state index in [-0.39, 0.29) is 29.7 Å². The van der Waals surface area contributed by atoms with E-state index in [1.165, 1.54) is 0 Å². The van der Waals surface area contributed by atoms with Crippen LogP contribution in [0.1, 0.15) is 40.1 Å². The summed E-state index contributed by atoms with van der Waals surface area (Å²) in [5.41, 5.74) is 10.2. The highest BCUT2D eigenvalue weighted by molar-refractivity contribution is 5.86. The number of hydrogen-bond acceptors (Lipinski definition) is 7. The molecule has 0 bridgehead atoms. The van der Waals surface area contributed by atoms with Gasteiger partial charge in [0, 0.05) is 11.5 Å². The monoisotopic (exact) mass is 463 g/mol. The van der Waals surface area contributed by atoms with Gasteiger partial charge < -0.3 is 23.9 Å². The number of hydrazine groups is 1. The van der Waals surface area contributed by atoms with Crippen molar-refractivity contribution in [3.63, 3.8) is 0 Å². The fourth-order valence-corrected chi connectivity index (χ4v) is 5.49. The van der Waals surface area contributed by atoms with E-state index >= 15 is 0 Å². The molecule has 2 aliphatic rings. The van der Waals surface area contributed by atoms with Crippen molar-refractivity contribution in [3.8, 4) is 17.2 Å². The second-order valence-corrected chi connectivity index (χ2v) is 8.94. The first-order valence-corrected chi connectivity index (χ1v) is 11.3. The highest BCUT2D eigenvalue weighted by atomic mass is 16.5. The van der Waals surface area contributed by atoms with Crippen molar-refractivity contribution in [2.75, 3.05) is 14.2 Å². The molecule has 2 aromatic carbocycles. The Morgan fingerprint density at radius 1 is 1.03 bits per heavy atom. The van der Waals surface area contributed by atoms with Gasteiger partial charge in [-0.15, -0.1) is 0 Å². The van der Waals surface area contributed by atoms with E-state index in [9.17, 15) is 9.90 Å². The Bertz CT molecular complexity index is 1190. The molecule has 5 rings (SSSR count). The van der Waals surface area contributed by atoms with Crippen molar-refractivity contribution in [3.05, 3.63) is 76.7 Å². The molecule has 8 heteroatoms. The van der Waals surface area contributed by atoms with Crippen LogP contribution in [-0.4, -0.2) is 36.2 Å². The molecule has 4 unspecified atom stereocenters. The number of nitrogens with one attached hydrogen (secondary N) is 2. The fraction of sp³-hybridized carbons (Fsp3) is 0.346. The van der Waals surface area contributed by atoms with Gasteiger partial charge in [0.25, 0.3) is 0 Å². The average Bonchev–Trinajstić information content (AvgIpc) is 3.53. The Balaban J connectivity index is 1.63. The zero-order chi connectivity index (χ0) is 24.0. The molecule has 4 atom stereocenters. The van der Waals surface area contributed by atoms with Crippen molar-refractivity contribution in [1.82, 2.24) is 15.8 Å². The van der Waals surface area contributed by atoms with Gasteiger partial charge in [0.05, 0.1) is 39.1 Å². The largest absolute Gasteiger partial charge is 0.508 e. The van der Waals surface area contributed by atoms with Crippen LogP contribution in [-0.2, 0) is 11.3 Å². The Kier molecular flexibility index (Phi) is 5.71. The Labute approximate surface area is 198 Å². The molecule has 8 nitrogen and oxygen atoms in total. The molecule has 0 spiro atoms. The molecule has 3 N–H and O–H groups in total. The topological polar surface area (TPSA) is 96.2 Å². The highest BCUT2D eigenvalue weighted by Gasteiger charge is 2.56. The fourth-order valence-electron chi connectivity index (χ4n) is 5.49. The van der Waals surface area contributed by atoms with E-state index < -0.39 is 6.04 Å². The normalized spacial score (nSPS) is 23.9. The third-order valence-corrected chi connectivity index (χ3v) is 6.89. The zero-order valence-electron chi connectivity index (χ0n) is 19.7. The predicted octanol–water partition coefficient (Wildman–Crippen LogP) is 3.54. The third kappa shape index (κ3) is 3.59. The lowest BCUT2D eigenvalue weighted by Crippen LogP contribution is -2.41. The lowest BCUT2D eigenvalue weighted by Gasteiger charge is -2.32. The van der Waals surface area contributed by atoms with Crippen LogP contribution < -0.4 is 20.3 Å². The maximum atomic E-state index is 13.6. The molecule has 1 amide bonds. The quantitative estimate of drug-likeness (QED) is 0.515. The van der Waals surface area contributed by atoms with Gasteiger partial charge in [0.2, 0.25) is 5.91 Å². The number of amides is 1. The standard InChI is InChI=1S/C26H29N3O5/c1-14-10-15(2)21(18(30)11-14)23-22-24(28-27-23)26(31)29(13-17-6-5-9-34-17)25(22)16-7-8-19(32-3)20(12-16)33-4/h5-12,22-25,27-28,30H,13H2,1-4H3. The maximum absolute atomic E-state index is 13.6. The van der Waals surface area contributed by atoms with Crippen molar-refractivity contribution >= 4 is 5.91 Å². The Morgan fingerprint density at radius 3 is 2.47 bits per heavy atom. The number of furan rings is 1. The third-order valence-electron chi connectivity index (χ3n) is 6.89. The predicted molar refractivity (Wildman–Crippen MR) is 125 cm³/mol. The summed E-state index contributed by atoms with van der Waals surface area (Å²) < 4.78 is 16.6. The van der Waals surface area contributed by atoms with Crippen molar-refractivity contribution in [2.45, 2.75) is 38.5 Å². The van der Waals surface area contributed by atoms with Crippen LogP contribution in [0.5, 0.6) is 17.2 Å². The Morgan fingerprint density at radius 2 is 1.79 bits per heavy atom. The number of aryl methyl sites for hydroxylation is 2. The minimum Gasteiger partial charge on any atom is -0.508 e. The number of phenols is 1. The molecule has 1 aromatic heterocycles. The summed E-state index contributed by atoms with van der Waals surface area (Å²) in [4.78, 5) is 15.5. The summed E-state index contributed by atoms with van der Waals surface area (Å²) in [7, 11) is 3.19. The second-order valence-electron chi connectivity index (χ2n) is 8.94. The zero-order valence-corrected chi connectivity index (χ0v) is 19.7. The van der Waals surface area contributed by atoms with Gasteiger partial charge in [-0.3, -0.25) is 4.79 Å². The number of fused-ring (bicyclic) bond motifs is 1. The van der Waals surface area contributed by atoms with Crippen molar-refractivity contribution in [1.29, 1.82) is 0 Å². The first-order chi connectivity index (χ1) is 16.4. The average molecular weight is 464 g/mol. The van der Waals surface area contributed by atoms with Gasteiger partial charge in [-0.25, -0.2) is 10.9 Å². The molecular weight excluding hydrogens is 434 g/mol. The van der Waals surface area contributed by atoms with Crippen LogP contribution in [0.15, 0.2) is 53.1 Å². The number of carbonyl (C=O) groups excluding carboxylic acids is 1.